The molecule has 0 spiro atoms. The van der Waals surface area contributed by atoms with E-state index in [0.717, 1.165) is 5.56 Å². The average Bonchev–Trinajstić information content (AvgIpc) is 3.32. The highest BCUT2D eigenvalue weighted by Crippen LogP contribution is 2.15. The van der Waals surface area contributed by atoms with Crippen LogP contribution in [0.25, 0.3) is 22.2 Å². The Balaban J connectivity index is 1.34. The molecule has 0 fully saturated rings. The van der Waals surface area contributed by atoms with E-state index >= 15 is 0 Å². The summed E-state index contributed by atoms with van der Waals surface area (Å²) in [5.74, 6) is -0.470. The van der Waals surface area contributed by atoms with E-state index in [9.17, 15) is 14.4 Å². The monoisotopic (exact) mass is 460 g/mol. The summed E-state index contributed by atoms with van der Waals surface area (Å²) >= 11 is 0. The first-order valence-electron chi connectivity index (χ1n) is 10.9. The normalized spacial score (nSPS) is 11.0. The van der Waals surface area contributed by atoms with Crippen molar-refractivity contribution in [1.29, 1.82) is 0 Å². The van der Waals surface area contributed by atoms with Crippen LogP contribution < -0.4 is 16.4 Å². The van der Waals surface area contributed by atoms with Crippen molar-refractivity contribution in [2.45, 2.75) is 39.3 Å². The molecule has 0 saturated heterocycles. The van der Waals surface area contributed by atoms with Crippen molar-refractivity contribution in [3.63, 3.8) is 0 Å². The van der Waals surface area contributed by atoms with Crippen molar-refractivity contribution in [3.05, 3.63) is 70.6 Å². The lowest BCUT2D eigenvalue weighted by atomic mass is 10.1. The number of hydrogen-bond donors (Lipinski definition) is 2. The first-order chi connectivity index (χ1) is 16.4. The van der Waals surface area contributed by atoms with Gasteiger partial charge in [0.05, 0.1) is 18.0 Å². The Morgan fingerprint density at radius 3 is 2.38 bits per heavy atom. The van der Waals surface area contributed by atoms with Crippen LogP contribution in [0, 0.1) is 0 Å². The highest BCUT2D eigenvalue weighted by Gasteiger charge is 2.18. The van der Waals surface area contributed by atoms with Gasteiger partial charge in [-0.3, -0.25) is 25.2 Å². The maximum Gasteiger partial charge on any atom is 0.290 e. The van der Waals surface area contributed by atoms with Crippen molar-refractivity contribution >= 4 is 22.6 Å². The van der Waals surface area contributed by atoms with Crippen molar-refractivity contribution < 1.29 is 9.59 Å². The van der Waals surface area contributed by atoms with Crippen LogP contribution in [0.4, 0.5) is 0 Å². The molecule has 34 heavy (non-hydrogen) atoms. The summed E-state index contributed by atoms with van der Waals surface area (Å²) in [6.07, 6.45) is 0.591. The number of amides is 2. The summed E-state index contributed by atoms with van der Waals surface area (Å²) in [4.78, 5) is 39.0. The lowest BCUT2D eigenvalue weighted by molar-refractivity contribution is -0.122. The Morgan fingerprint density at radius 2 is 1.65 bits per heavy atom. The minimum Gasteiger partial charge on any atom is -0.273 e. The van der Waals surface area contributed by atoms with E-state index in [4.69, 9.17) is 0 Å². The van der Waals surface area contributed by atoms with Crippen molar-refractivity contribution in [2.75, 3.05) is 0 Å². The fraction of sp³-hybridized carbons (Fsp3) is 0.261. The number of tetrazole rings is 1. The average molecular weight is 460 g/mol. The van der Waals surface area contributed by atoms with Crippen LogP contribution >= 0.6 is 0 Å². The van der Waals surface area contributed by atoms with Gasteiger partial charge in [0.25, 0.3) is 11.5 Å². The minimum atomic E-state index is -0.607. The van der Waals surface area contributed by atoms with Gasteiger partial charge in [-0.15, -0.1) is 10.2 Å². The summed E-state index contributed by atoms with van der Waals surface area (Å²) in [6.45, 7) is 4.01. The van der Waals surface area contributed by atoms with Gasteiger partial charge in [0.1, 0.15) is 0 Å². The molecule has 11 nitrogen and oxygen atoms in total. The number of nitrogens with one attached hydrogen (secondary N) is 2. The van der Waals surface area contributed by atoms with Crippen LogP contribution in [-0.2, 0) is 11.3 Å². The second-order valence-corrected chi connectivity index (χ2v) is 7.92. The number of fused-ring (bicyclic) bond motifs is 1. The maximum atomic E-state index is 12.7. The molecule has 2 amide bonds. The number of hydrogen-bond acceptors (Lipinski definition) is 7. The summed E-state index contributed by atoms with van der Waals surface area (Å²) < 4.78 is 1.26. The third-order valence-electron chi connectivity index (χ3n) is 5.09. The van der Waals surface area contributed by atoms with Crippen LogP contribution in [0.1, 0.15) is 43.2 Å². The highest BCUT2D eigenvalue weighted by atomic mass is 16.2. The van der Waals surface area contributed by atoms with E-state index in [1.165, 1.54) is 9.48 Å². The van der Waals surface area contributed by atoms with E-state index < -0.39 is 5.91 Å². The second kappa shape index (κ2) is 10.0. The Kier molecular flexibility index (Phi) is 6.72. The molecule has 2 aromatic carbocycles. The molecule has 2 N–H and O–H groups in total. The van der Waals surface area contributed by atoms with E-state index in [1.54, 1.807) is 38.1 Å². The number of carbonyl (C=O) groups is 2. The molecule has 0 saturated carbocycles. The first kappa shape index (κ1) is 22.8. The lowest BCUT2D eigenvalue weighted by Gasteiger charge is -2.13. The minimum absolute atomic E-state index is 0.0597. The predicted molar refractivity (Wildman–Crippen MR) is 124 cm³/mol. The SMILES string of the molecule is CC(C)n1nc(C(=O)NNC(=O)CCCn2nnc(-c3ccccc3)n2)c2ccccc2c1=O. The van der Waals surface area contributed by atoms with E-state index in [-0.39, 0.29) is 29.6 Å². The molecule has 0 radical (unpaired) electrons. The molecule has 4 aromatic rings. The molecule has 0 bridgehead atoms. The standard InChI is InChI=1S/C23H24N8O3/c1-15(2)31-23(34)18-12-7-6-11-17(18)20(27-31)22(33)26-24-19(32)13-8-14-30-28-21(25-29-30)16-9-4-3-5-10-16/h3-7,9-12,15H,8,13-14H2,1-2H3,(H,24,32)(H,26,33). The number of benzene rings is 2. The van der Waals surface area contributed by atoms with Crippen LogP contribution in [0.5, 0.6) is 0 Å². The van der Waals surface area contributed by atoms with Gasteiger partial charge >= 0.3 is 0 Å². The first-order valence-corrected chi connectivity index (χ1v) is 10.9. The van der Waals surface area contributed by atoms with Gasteiger partial charge in [-0.1, -0.05) is 48.5 Å². The van der Waals surface area contributed by atoms with E-state index in [0.29, 0.717) is 29.6 Å². The number of hydrazine groups is 1. The third-order valence-corrected chi connectivity index (χ3v) is 5.09. The quantitative estimate of drug-likeness (QED) is 0.402. The Morgan fingerprint density at radius 1 is 0.941 bits per heavy atom. The molecule has 11 heteroatoms. The molecule has 0 aliphatic heterocycles. The Hall–Kier alpha value is -4.41. The van der Waals surface area contributed by atoms with Gasteiger partial charge in [0.2, 0.25) is 11.7 Å². The number of aryl methyl sites for hydroxylation is 1. The van der Waals surface area contributed by atoms with E-state index in [1.807, 2.05) is 30.3 Å². The number of nitrogens with zero attached hydrogens (tertiary/aromatic N) is 6. The topological polar surface area (TPSA) is 137 Å². The molecule has 2 aromatic heterocycles. The van der Waals surface area contributed by atoms with Crippen molar-refractivity contribution in [1.82, 2.24) is 40.8 Å². The summed E-state index contributed by atoms with van der Waals surface area (Å²) in [5, 5.41) is 17.4. The van der Waals surface area contributed by atoms with Crippen molar-refractivity contribution in [2.24, 2.45) is 0 Å². The Bertz CT molecular complexity index is 1380. The molecule has 0 unspecified atom stereocenters. The van der Waals surface area contributed by atoms with Crippen LogP contribution in [-0.4, -0.2) is 41.8 Å². The molecular weight excluding hydrogens is 436 g/mol. The van der Waals surface area contributed by atoms with Gasteiger partial charge < -0.3 is 0 Å². The van der Waals surface area contributed by atoms with Crippen LogP contribution in [0.15, 0.2) is 59.4 Å². The highest BCUT2D eigenvalue weighted by molar-refractivity contribution is 6.05. The van der Waals surface area contributed by atoms with Gasteiger partial charge in [-0.25, -0.2) is 4.68 Å². The molecule has 174 valence electrons. The maximum absolute atomic E-state index is 12.7. The predicted octanol–water partition coefficient (Wildman–Crippen LogP) is 1.87. The van der Waals surface area contributed by atoms with Crippen LogP contribution in [0.2, 0.25) is 0 Å². The van der Waals surface area contributed by atoms with Crippen molar-refractivity contribution in [3.8, 4) is 11.4 Å². The molecular formula is C23H24N8O3. The number of aromatic nitrogens is 6. The smallest absolute Gasteiger partial charge is 0.273 e. The zero-order valence-electron chi connectivity index (χ0n) is 18.8. The van der Waals surface area contributed by atoms with Gasteiger partial charge in [-0.2, -0.15) is 9.90 Å². The largest absolute Gasteiger partial charge is 0.290 e. The zero-order chi connectivity index (χ0) is 24.1. The zero-order valence-corrected chi connectivity index (χ0v) is 18.8. The fourth-order valence-electron chi connectivity index (χ4n) is 3.39. The number of rotatable bonds is 7. The molecule has 0 atom stereocenters. The lowest BCUT2D eigenvalue weighted by Crippen LogP contribution is -2.43. The Labute approximate surface area is 194 Å². The van der Waals surface area contributed by atoms with Gasteiger partial charge in [0, 0.05) is 17.4 Å². The summed E-state index contributed by atoms with van der Waals surface area (Å²) in [7, 11) is 0. The third kappa shape index (κ3) is 4.98. The molecule has 0 aliphatic carbocycles. The summed E-state index contributed by atoms with van der Waals surface area (Å²) in [5.41, 5.74) is 5.42. The van der Waals surface area contributed by atoms with Crippen LogP contribution in [0.3, 0.4) is 0 Å². The molecule has 0 aliphatic rings. The fourth-order valence-corrected chi connectivity index (χ4v) is 3.39. The summed E-state index contributed by atoms with van der Waals surface area (Å²) in [6, 6.07) is 16.0. The second-order valence-electron chi connectivity index (χ2n) is 7.92. The van der Waals surface area contributed by atoms with Gasteiger partial charge in [-0.05, 0) is 31.5 Å². The molecule has 4 rings (SSSR count). The molecule has 2 heterocycles. The van der Waals surface area contributed by atoms with Gasteiger partial charge in [0.15, 0.2) is 5.69 Å². The van der Waals surface area contributed by atoms with E-state index in [2.05, 4.69) is 31.4 Å². The number of carbonyl (C=O) groups excluding carboxylic acids is 2.